The minimum atomic E-state index is -0.562. The van der Waals surface area contributed by atoms with Gasteiger partial charge in [-0.1, -0.05) is 11.6 Å². The van der Waals surface area contributed by atoms with Gasteiger partial charge in [-0.25, -0.2) is 4.79 Å². The van der Waals surface area contributed by atoms with Gasteiger partial charge in [0.25, 0.3) is 0 Å². The lowest BCUT2D eigenvalue weighted by atomic mass is 10.0. The van der Waals surface area contributed by atoms with Crippen LogP contribution in [-0.2, 0) is 11.2 Å². The first-order valence-electron chi connectivity index (χ1n) is 6.70. The van der Waals surface area contributed by atoms with Crippen LogP contribution in [-0.4, -0.2) is 17.1 Å². The van der Waals surface area contributed by atoms with Crippen LogP contribution in [0.3, 0.4) is 0 Å². The van der Waals surface area contributed by atoms with Gasteiger partial charge in [-0.3, -0.25) is 4.79 Å². The number of aryl methyl sites for hydroxylation is 1. The Labute approximate surface area is 125 Å². The van der Waals surface area contributed by atoms with E-state index >= 15 is 0 Å². The Kier molecular flexibility index (Phi) is 3.37. The molecule has 21 heavy (non-hydrogen) atoms. The fourth-order valence-electron chi connectivity index (χ4n) is 2.27. The Hall–Kier alpha value is -2.01. The molecular weight excluding hydrogens is 294 g/mol. The fraction of sp³-hybridized carbons (Fsp3) is 0.333. The third-order valence-electron chi connectivity index (χ3n) is 3.63. The first kappa shape index (κ1) is 13.9. The van der Waals surface area contributed by atoms with Gasteiger partial charge in [0, 0.05) is 17.5 Å². The van der Waals surface area contributed by atoms with Crippen molar-refractivity contribution < 1.29 is 14.3 Å². The van der Waals surface area contributed by atoms with Gasteiger partial charge >= 0.3 is 5.63 Å². The largest absolute Gasteiger partial charge is 0.506 e. The fourth-order valence-corrected chi connectivity index (χ4v) is 2.43. The molecule has 5 nitrogen and oxygen atoms in total. The molecule has 1 fully saturated rings. The Morgan fingerprint density at radius 3 is 2.86 bits per heavy atom. The standard InChI is InChI=1S/C15H14ClNO4/c1-7-9-4-11(16)12(18)6-13(9)21-15(20)10(7)5-14(19)17-8-2-3-8/h4,6,8,18H,2-3,5H2,1H3,(H,17,19). The molecule has 0 saturated heterocycles. The van der Waals surface area contributed by atoms with E-state index in [0.29, 0.717) is 16.5 Å². The van der Waals surface area contributed by atoms with Crippen molar-refractivity contribution in [1.29, 1.82) is 0 Å². The quantitative estimate of drug-likeness (QED) is 0.853. The van der Waals surface area contributed by atoms with Gasteiger partial charge in [-0.2, -0.15) is 0 Å². The van der Waals surface area contributed by atoms with Gasteiger partial charge in [0.2, 0.25) is 5.91 Å². The van der Waals surface area contributed by atoms with E-state index in [0.717, 1.165) is 12.8 Å². The molecule has 3 rings (SSSR count). The highest BCUT2D eigenvalue weighted by atomic mass is 35.5. The number of phenolic OH excluding ortho intramolecular Hbond substituents is 1. The highest BCUT2D eigenvalue weighted by Crippen LogP contribution is 2.30. The van der Waals surface area contributed by atoms with E-state index < -0.39 is 5.63 Å². The molecule has 1 aliphatic carbocycles. The second kappa shape index (κ2) is 5.07. The summed E-state index contributed by atoms with van der Waals surface area (Å²) in [5.74, 6) is -0.330. The smallest absolute Gasteiger partial charge is 0.340 e. The summed E-state index contributed by atoms with van der Waals surface area (Å²) in [5.41, 5.74) is 0.662. The Bertz CT molecular complexity index is 792. The van der Waals surface area contributed by atoms with E-state index in [4.69, 9.17) is 16.0 Å². The van der Waals surface area contributed by atoms with Crippen LogP contribution >= 0.6 is 11.6 Å². The van der Waals surface area contributed by atoms with Crippen molar-refractivity contribution in [2.24, 2.45) is 0 Å². The SMILES string of the molecule is Cc1c(CC(=O)NC2CC2)c(=O)oc2cc(O)c(Cl)cc12. The molecule has 1 heterocycles. The number of hydrogen-bond acceptors (Lipinski definition) is 4. The summed E-state index contributed by atoms with van der Waals surface area (Å²) in [7, 11) is 0. The van der Waals surface area contributed by atoms with Crippen LogP contribution in [0.1, 0.15) is 24.0 Å². The Morgan fingerprint density at radius 1 is 1.48 bits per heavy atom. The number of rotatable bonds is 3. The molecule has 1 aromatic carbocycles. The summed E-state index contributed by atoms with van der Waals surface area (Å²) >= 11 is 5.89. The average molecular weight is 308 g/mol. The topological polar surface area (TPSA) is 79.5 Å². The summed E-state index contributed by atoms with van der Waals surface area (Å²) < 4.78 is 5.18. The van der Waals surface area contributed by atoms with E-state index in [1.165, 1.54) is 12.1 Å². The molecule has 2 aromatic rings. The molecule has 0 atom stereocenters. The predicted molar refractivity (Wildman–Crippen MR) is 78.8 cm³/mol. The zero-order chi connectivity index (χ0) is 15.1. The van der Waals surface area contributed by atoms with Crippen LogP contribution < -0.4 is 10.9 Å². The average Bonchev–Trinajstić information content (AvgIpc) is 3.21. The lowest BCUT2D eigenvalue weighted by Crippen LogP contribution is -2.29. The van der Waals surface area contributed by atoms with E-state index in [-0.39, 0.29) is 34.7 Å². The van der Waals surface area contributed by atoms with Gasteiger partial charge < -0.3 is 14.8 Å². The molecule has 6 heteroatoms. The normalized spacial score (nSPS) is 14.4. The Morgan fingerprint density at radius 2 is 2.19 bits per heavy atom. The summed E-state index contributed by atoms with van der Waals surface area (Å²) in [4.78, 5) is 23.9. The van der Waals surface area contributed by atoms with E-state index in [1.807, 2.05) is 0 Å². The lowest BCUT2D eigenvalue weighted by Gasteiger charge is -2.09. The van der Waals surface area contributed by atoms with Crippen LogP contribution in [0.15, 0.2) is 21.3 Å². The number of amides is 1. The second-order valence-corrected chi connectivity index (χ2v) is 5.72. The number of carbonyl (C=O) groups is 1. The maximum absolute atomic E-state index is 12.0. The van der Waals surface area contributed by atoms with Crippen molar-refractivity contribution in [2.45, 2.75) is 32.2 Å². The van der Waals surface area contributed by atoms with Crippen LogP contribution in [0.25, 0.3) is 11.0 Å². The number of nitrogens with one attached hydrogen (secondary N) is 1. The molecule has 0 unspecified atom stereocenters. The van der Waals surface area contributed by atoms with Crippen LogP contribution in [0.5, 0.6) is 5.75 Å². The summed E-state index contributed by atoms with van der Waals surface area (Å²) in [6.07, 6.45) is 1.97. The maximum atomic E-state index is 12.0. The Balaban J connectivity index is 2.03. The van der Waals surface area contributed by atoms with Gasteiger partial charge in [0.05, 0.1) is 17.0 Å². The highest BCUT2D eigenvalue weighted by Gasteiger charge is 2.24. The number of phenols is 1. The molecule has 110 valence electrons. The van der Waals surface area contributed by atoms with Crippen LogP contribution in [0.2, 0.25) is 5.02 Å². The number of halogens is 1. The zero-order valence-corrected chi connectivity index (χ0v) is 12.2. The minimum Gasteiger partial charge on any atom is -0.506 e. The van der Waals surface area contributed by atoms with Crippen molar-refractivity contribution in [3.05, 3.63) is 38.7 Å². The third-order valence-corrected chi connectivity index (χ3v) is 3.94. The van der Waals surface area contributed by atoms with Crippen molar-refractivity contribution in [2.75, 3.05) is 0 Å². The molecule has 1 amide bonds. The van der Waals surface area contributed by atoms with Gasteiger partial charge in [-0.05, 0) is 31.4 Å². The summed E-state index contributed by atoms with van der Waals surface area (Å²) in [6, 6.07) is 3.09. The van der Waals surface area contributed by atoms with E-state index in [1.54, 1.807) is 6.92 Å². The number of benzene rings is 1. The van der Waals surface area contributed by atoms with Crippen molar-refractivity contribution in [3.63, 3.8) is 0 Å². The monoisotopic (exact) mass is 307 g/mol. The van der Waals surface area contributed by atoms with Crippen LogP contribution in [0, 0.1) is 6.92 Å². The second-order valence-electron chi connectivity index (χ2n) is 5.31. The number of aromatic hydroxyl groups is 1. The maximum Gasteiger partial charge on any atom is 0.340 e. The van der Waals surface area contributed by atoms with Crippen molar-refractivity contribution in [1.82, 2.24) is 5.32 Å². The predicted octanol–water partition coefficient (Wildman–Crippen LogP) is 2.28. The zero-order valence-electron chi connectivity index (χ0n) is 11.4. The van der Waals surface area contributed by atoms with E-state index in [2.05, 4.69) is 5.32 Å². The number of hydrogen-bond donors (Lipinski definition) is 2. The molecule has 1 saturated carbocycles. The molecule has 2 N–H and O–H groups in total. The third kappa shape index (κ3) is 2.74. The van der Waals surface area contributed by atoms with Gasteiger partial charge in [-0.15, -0.1) is 0 Å². The number of carbonyl (C=O) groups excluding carboxylic acids is 1. The first-order valence-corrected chi connectivity index (χ1v) is 7.07. The van der Waals surface area contributed by atoms with Gasteiger partial charge in [0.15, 0.2) is 0 Å². The minimum absolute atomic E-state index is 0.0148. The molecule has 0 spiro atoms. The molecule has 0 aliphatic heterocycles. The molecular formula is C15H14ClNO4. The lowest BCUT2D eigenvalue weighted by molar-refractivity contribution is -0.120. The van der Waals surface area contributed by atoms with Crippen molar-refractivity contribution >= 4 is 28.5 Å². The summed E-state index contributed by atoms with van der Waals surface area (Å²) in [6.45, 7) is 1.74. The highest BCUT2D eigenvalue weighted by molar-refractivity contribution is 6.32. The summed E-state index contributed by atoms with van der Waals surface area (Å²) in [5, 5.41) is 13.2. The number of fused-ring (bicyclic) bond motifs is 1. The molecule has 0 radical (unpaired) electrons. The van der Waals surface area contributed by atoms with Crippen LogP contribution in [0.4, 0.5) is 0 Å². The molecule has 0 bridgehead atoms. The molecule has 1 aliphatic rings. The molecule has 1 aromatic heterocycles. The first-order chi connectivity index (χ1) is 9.95. The van der Waals surface area contributed by atoms with Crippen molar-refractivity contribution in [3.8, 4) is 5.75 Å². The van der Waals surface area contributed by atoms with E-state index in [9.17, 15) is 14.7 Å². The van der Waals surface area contributed by atoms with Gasteiger partial charge in [0.1, 0.15) is 11.3 Å².